The molecule has 0 aliphatic rings. The minimum absolute atomic E-state index is 0.222. The van der Waals surface area contributed by atoms with Crippen molar-refractivity contribution in [3.63, 3.8) is 0 Å². The van der Waals surface area contributed by atoms with Gasteiger partial charge in [0.05, 0.1) is 18.4 Å². The van der Waals surface area contributed by atoms with E-state index in [1.54, 1.807) is 37.1 Å². The van der Waals surface area contributed by atoms with Crippen molar-refractivity contribution >= 4 is 23.4 Å². The van der Waals surface area contributed by atoms with E-state index >= 15 is 0 Å². The lowest BCUT2D eigenvalue weighted by Gasteiger charge is -2.10. The molecular weight excluding hydrogens is 346 g/mol. The van der Waals surface area contributed by atoms with E-state index in [1.165, 1.54) is 0 Å². The number of rotatable bonds is 6. The molecule has 0 aliphatic heterocycles. The highest BCUT2D eigenvalue weighted by molar-refractivity contribution is 7.99. The third kappa shape index (κ3) is 4.21. The summed E-state index contributed by atoms with van der Waals surface area (Å²) in [5, 5.41) is 12.3. The molecule has 0 fully saturated rings. The number of ether oxygens (including phenoxy) is 1. The Morgan fingerprint density at radius 3 is 2.65 bits per heavy atom. The lowest BCUT2D eigenvalue weighted by molar-refractivity contribution is 0.102. The number of anilines is 1. The number of benzene rings is 2. The summed E-state index contributed by atoms with van der Waals surface area (Å²) in [7, 11) is 1.55. The maximum absolute atomic E-state index is 12.5. The average molecular weight is 365 g/mol. The molecule has 0 bridgehead atoms. The lowest BCUT2D eigenvalue weighted by Crippen LogP contribution is -2.13. The summed E-state index contributed by atoms with van der Waals surface area (Å²) in [5.41, 5.74) is 2.83. The van der Waals surface area contributed by atoms with Gasteiger partial charge < -0.3 is 10.1 Å². The number of nitrogens with one attached hydrogen (secondary N) is 1. The second-order valence-electron chi connectivity index (χ2n) is 5.43. The van der Waals surface area contributed by atoms with Crippen molar-refractivity contribution in [2.75, 3.05) is 18.2 Å². The SMILES string of the molecule is CCSc1ccc(-c2cccc(NC(=O)c3ccccc3OC)c2)nn1. The fourth-order valence-electron chi connectivity index (χ4n) is 2.49. The van der Waals surface area contributed by atoms with E-state index in [1.807, 2.05) is 42.5 Å². The van der Waals surface area contributed by atoms with Gasteiger partial charge >= 0.3 is 0 Å². The van der Waals surface area contributed by atoms with Crippen LogP contribution in [-0.2, 0) is 0 Å². The predicted octanol–water partition coefficient (Wildman–Crippen LogP) is 4.52. The van der Waals surface area contributed by atoms with Crippen LogP contribution in [0.4, 0.5) is 5.69 Å². The van der Waals surface area contributed by atoms with E-state index in [2.05, 4.69) is 22.4 Å². The molecule has 0 unspecified atom stereocenters. The van der Waals surface area contributed by atoms with E-state index in [9.17, 15) is 4.79 Å². The van der Waals surface area contributed by atoms with Crippen LogP contribution in [0.5, 0.6) is 5.75 Å². The first kappa shape index (κ1) is 17.9. The van der Waals surface area contributed by atoms with Crippen molar-refractivity contribution in [1.82, 2.24) is 10.2 Å². The van der Waals surface area contributed by atoms with E-state index in [-0.39, 0.29) is 5.91 Å². The van der Waals surface area contributed by atoms with Gasteiger partial charge in [-0.3, -0.25) is 4.79 Å². The van der Waals surface area contributed by atoms with Crippen molar-refractivity contribution in [1.29, 1.82) is 0 Å². The fraction of sp³-hybridized carbons (Fsp3) is 0.150. The van der Waals surface area contributed by atoms with E-state index in [0.717, 1.165) is 22.0 Å². The molecular formula is C20H19N3O2S. The van der Waals surface area contributed by atoms with Gasteiger partial charge in [0.1, 0.15) is 10.8 Å². The molecule has 2 aromatic carbocycles. The molecule has 1 N–H and O–H groups in total. The van der Waals surface area contributed by atoms with Crippen molar-refractivity contribution in [3.8, 4) is 17.0 Å². The summed E-state index contributed by atoms with van der Waals surface area (Å²) in [4.78, 5) is 12.5. The number of amides is 1. The predicted molar refractivity (Wildman–Crippen MR) is 105 cm³/mol. The highest BCUT2D eigenvalue weighted by atomic mass is 32.2. The average Bonchev–Trinajstić information content (AvgIpc) is 2.69. The second kappa shape index (κ2) is 8.49. The number of methoxy groups -OCH3 is 1. The molecule has 132 valence electrons. The molecule has 0 radical (unpaired) electrons. The zero-order valence-electron chi connectivity index (χ0n) is 14.6. The van der Waals surface area contributed by atoms with Crippen LogP contribution in [0.2, 0.25) is 0 Å². The van der Waals surface area contributed by atoms with Gasteiger partial charge in [-0.05, 0) is 42.2 Å². The van der Waals surface area contributed by atoms with Crippen LogP contribution in [-0.4, -0.2) is 29.0 Å². The van der Waals surface area contributed by atoms with Crippen LogP contribution in [0, 0.1) is 0 Å². The normalized spacial score (nSPS) is 10.4. The summed E-state index contributed by atoms with van der Waals surface area (Å²) in [6.07, 6.45) is 0. The summed E-state index contributed by atoms with van der Waals surface area (Å²) in [6, 6.07) is 18.6. The van der Waals surface area contributed by atoms with E-state index in [0.29, 0.717) is 17.0 Å². The minimum atomic E-state index is -0.222. The molecule has 3 aromatic rings. The van der Waals surface area contributed by atoms with Gasteiger partial charge in [-0.1, -0.05) is 31.2 Å². The maximum atomic E-state index is 12.5. The Hall–Kier alpha value is -2.86. The van der Waals surface area contributed by atoms with E-state index in [4.69, 9.17) is 4.74 Å². The van der Waals surface area contributed by atoms with Crippen LogP contribution in [0.3, 0.4) is 0 Å². The first-order valence-corrected chi connectivity index (χ1v) is 9.21. The second-order valence-corrected chi connectivity index (χ2v) is 6.71. The zero-order valence-corrected chi connectivity index (χ0v) is 15.4. The number of thioether (sulfide) groups is 1. The molecule has 0 saturated heterocycles. The van der Waals surface area contributed by atoms with Gasteiger partial charge in [0.15, 0.2) is 0 Å². The molecule has 0 saturated carbocycles. The van der Waals surface area contributed by atoms with Crippen molar-refractivity contribution in [2.24, 2.45) is 0 Å². The summed E-state index contributed by atoms with van der Waals surface area (Å²) in [6.45, 7) is 2.08. The summed E-state index contributed by atoms with van der Waals surface area (Å²) < 4.78 is 5.25. The monoisotopic (exact) mass is 365 g/mol. The Kier molecular flexibility index (Phi) is 5.86. The Balaban J connectivity index is 1.80. The largest absolute Gasteiger partial charge is 0.496 e. The molecule has 1 aromatic heterocycles. The van der Waals surface area contributed by atoms with Crippen LogP contribution < -0.4 is 10.1 Å². The number of hydrogen-bond acceptors (Lipinski definition) is 5. The standard InChI is InChI=1S/C20H19N3O2S/c1-3-26-19-12-11-17(22-23-19)14-7-6-8-15(13-14)21-20(24)16-9-4-5-10-18(16)25-2/h4-13H,3H2,1-2H3,(H,21,24). The highest BCUT2D eigenvalue weighted by Gasteiger charge is 2.12. The van der Waals surface area contributed by atoms with Gasteiger partial charge in [0, 0.05) is 11.3 Å². The minimum Gasteiger partial charge on any atom is -0.496 e. The maximum Gasteiger partial charge on any atom is 0.259 e. The molecule has 5 nitrogen and oxygen atoms in total. The van der Waals surface area contributed by atoms with Crippen LogP contribution in [0.25, 0.3) is 11.3 Å². The molecule has 6 heteroatoms. The number of aromatic nitrogens is 2. The number of carbonyl (C=O) groups is 1. The smallest absolute Gasteiger partial charge is 0.259 e. The lowest BCUT2D eigenvalue weighted by atomic mass is 10.1. The van der Waals surface area contributed by atoms with E-state index < -0.39 is 0 Å². The topological polar surface area (TPSA) is 64.1 Å². The zero-order chi connectivity index (χ0) is 18.4. The summed E-state index contributed by atoms with van der Waals surface area (Å²) >= 11 is 1.65. The molecule has 26 heavy (non-hydrogen) atoms. The van der Waals surface area contributed by atoms with Gasteiger partial charge in [0.2, 0.25) is 0 Å². The Morgan fingerprint density at radius 2 is 1.92 bits per heavy atom. The van der Waals surface area contributed by atoms with Crippen LogP contribution >= 0.6 is 11.8 Å². The molecule has 0 atom stereocenters. The van der Waals surface area contributed by atoms with Gasteiger partial charge in [0.25, 0.3) is 5.91 Å². The highest BCUT2D eigenvalue weighted by Crippen LogP contribution is 2.24. The number of para-hydroxylation sites is 1. The Labute approximate surface area is 156 Å². The van der Waals surface area contributed by atoms with Crippen molar-refractivity contribution in [2.45, 2.75) is 11.9 Å². The molecule has 0 spiro atoms. The molecule has 0 aliphatic carbocycles. The molecule has 1 heterocycles. The van der Waals surface area contributed by atoms with Crippen molar-refractivity contribution in [3.05, 3.63) is 66.2 Å². The quantitative estimate of drug-likeness (QED) is 0.651. The van der Waals surface area contributed by atoms with Crippen molar-refractivity contribution < 1.29 is 9.53 Å². The summed E-state index contributed by atoms with van der Waals surface area (Å²) in [5.74, 6) is 1.27. The van der Waals surface area contributed by atoms with Gasteiger partial charge in [-0.15, -0.1) is 22.0 Å². The fourth-order valence-corrected chi connectivity index (χ4v) is 3.04. The van der Waals surface area contributed by atoms with Gasteiger partial charge in [-0.25, -0.2) is 0 Å². The Morgan fingerprint density at radius 1 is 1.08 bits per heavy atom. The first-order valence-electron chi connectivity index (χ1n) is 8.22. The van der Waals surface area contributed by atoms with Gasteiger partial charge in [-0.2, -0.15) is 0 Å². The Bertz CT molecular complexity index is 898. The van der Waals surface area contributed by atoms with Crippen LogP contribution in [0.1, 0.15) is 17.3 Å². The number of carbonyl (C=O) groups excluding carboxylic acids is 1. The number of nitrogens with zero attached hydrogens (tertiary/aromatic N) is 2. The van der Waals surface area contributed by atoms with Crippen LogP contribution in [0.15, 0.2) is 65.7 Å². The number of hydrogen-bond donors (Lipinski definition) is 1. The third-order valence-electron chi connectivity index (χ3n) is 3.70. The molecule has 1 amide bonds. The molecule has 3 rings (SSSR count). The third-order valence-corrected chi connectivity index (χ3v) is 4.50. The first-order chi connectivity index (χ1) is 12.7.